The number of nitrogens with zero attached hydrogens (tertiary/aromatic N) is 2. The molecule has 0 atom stereocenters. The van der Waals surface area contributed by atoms with Gasteiger partial charge in [-0.2, -0.15) is 0 Å². The highest BCUT2D eigenvalue weighted by Crippen LogP contribution is 2.15. The van der Waals surface area contributed by atoms with Crippen molar-refractivity contribution in [1.82, 2.24) is 15.2 Å². The Bertz CT molecular complexity index is 461. The second-order valence-corrected chi connectivity index (χ2v) is 5.53. The number of nitrogens with one attached hydrogen (secondary N) is 1. The first-order chi connectivity index (χ1) is 9.90. The maximum atomic E-state index is 12.1. The van der Waals surface area contributed by atoms with E-state index in [-0.39, 0.29) is 11.8 Å². The Morgan fingerprint density at radius 3 is 2.71 bits per heavy atom. The van der Waals surface area contributed by atoms with E-state index in [1.807, 2.05) is 32.8 Å². The molecule has 6 nitrogen and oxygen atoms in total. The molecule has 1 aromatic heterocycles. The van der Waals surface area contributed by atoms with Crippen molar-refractivity contribution in [3.8, 4) is 0 Å². The monoisotopic (exact) mass is 294 g/mol. The first-order valence-electron chi connectivity index (χ1n) is 7.18. The van der Waals surface area contributed by atoms with Crippen LogP contribution in [0.3, 0.4) is 0 Å². The van der Waals surface area contributed by atoms with E-state index in [4.69, 9.17) is 10.5 Å². The van der Waals surface area contributed by atoms with Gasteiger partial charge in [0.2, 0.25) is 0 Å². The Morgan fingerprint density at radius 2 is 2.10 bits per heavy atom. The van der Waals surface area contributed by atoms with Gasteiger partial charge in [-0.3, -0.25) is 4.79 Å². The number of ether oxygens (including phenoxy) is 1. The second-order valence-electron chi connectivity index (χ2n) is 5.53. The average Bonchev–Trinajstić information content (AvgIpc) is 2.41. The molecule has 0 radical (unpaired) electrons. The van der Waals surface area contributed by atoms with Crippen LogP contribution < -0.4 is 11.1 Å². The zero-order valence-electron chi connectivity index (χ0n) is 13.3. The van der Waals surface area contributed by atoms with Crippen molar-refractivity contribution in [3.63, 3.8) is 0 Å². The molecule has 0 unspecified atom stereocenters. The predicted octanol–water partition coefficient (Wildman–Crippen LogP) is 1.10. The number of nitrogen functional groups attached to an aromatic ring is 1. The van der Waals surface area contributed by atoms with Crippen LogP contribution in [0.4, 0.5) is 5.82 Å². The van der Waals surface area contributed by atoms with Crippen LogP contribution in [0.1, 0.15) is 35.8 Å². The lowest BCUT2D eigenvalue weighted by atomic mass is 10.1. The molecule has 1 heterocycles. The first-order valence-corrected chi connectivity index (χ1v) is 7.18. The summed E-state index contributed by atoms with van der Waals surface area (Å²) in [6.45, 7) is 6.53. The summed E-state index contributed by atoms with van der Waals surface area (Å²) in [5.74, 6) is 0.449. The Kier molecular flexibility index (Phi) is 7.11. The van der Waals surface area contributed by atoms with E-state index in [2.05, 4.69) is 10.3 Å². The molecule has 1 rings (SSSR count). The van der Waals surface area contributed by atoms with Crippen LogP contribution in [0.15, 0.2) is 12.1 Å². The average molecular weight is 294 g/mol. The number of carbonyl (C=O) groups is 1. The molecule has 0 saturated carbocycles. The molecule has 0 saturated heterocycles. The summed E-state index contributed by atoms with van der Waals surface area (Å²) < 4.78 is 5.42. The minimum atomic E-state index is -0.151. The number of hydrogen-bond acceptors (Lipinski definition) is 5. The molecule has 0 aliphatic rings. The van der Waals surface area contributed by atoms with Crippen LogP contribution in [0.2, 0.25) is 0 Å². The highest BCUT2D eigenvalue weighted by molar-refractivity contribution is 5.94. The van der Waals surface area contributed by atoms with Gasteiger partial charge in [0.15, 0.2) is 0 Å². The zero-order valence-corrected chi connectivity index (χ0v) is 13.3. The summed E-state index contributed by atoms with van der Waals surface area (Å²) in [6.07, 6.45) is 0. The van der Waals surface area contributed by atoms with Gasteiger partial charge in [-0.05, 0) is 32.1 Å². The molecule has 0 bridgehead atoms. The van der Waals surface area contributed by atoms with Crippen molar-refractivity contribution in [2.75, 3.05) is 46.1 Å². The Labute approximate surface area is 126 Å². The van der Waals surface area contributed by atoms with E-state index in [0.29, 0.717) is 31.1 Å². The van der Waals surface area contributed by atoms with Crippen LogP contribution in [-0.2, 0) is 4.74 Å². The number of pyridine rings is 1. The molecular weight excluding hydrogens is 268 g/mol. The molecule has 0 aromatic carbocycles. The van der Waals surface area contributed by atoms with E-state index in [1.54, 1.807) is 12.1 Å². The SMILES string of the molecule is CC(C)c1cc(C(=O)NCCOCCN(C)C)cc(N)n1. The maximum Gasteiger partial charge on any atom is 0.251 e. The topological polar surface area (TPSA) is 80.5 Å². The molecule has 0 fully saturated rings. The van der Waals surface area contributed by atoms with Crippen molar-refractivity contribution in [2.24, 2.45) is 0 Å². The van der Waals surface area contributed by atoms with Gasteiger partial charge in [-0.15, -0.1) is 0 Å². The number of rotatable bonds is 8. The van der Waals surface area contributed by atoms with Crippen LogP contribution in [-0.4, -0.2) is 56.2 Å². The predicted molar refractivity (Wildman–Crippen MR) is 84.4 cm³/mol. The first kappa shape index (κ1) is 17.4. The standard InChI is InChI=1S/C15H26N4O2/c1-11(2)13-9-12(10-14(16)18-13)15(20)17-5-7-21-8-6-19(3)4/h9-11H,5-8H2,1-4H3,(H2,16,18)(H,17,20). The summed E-state index contributed by atoms with van der Waals surface area (Å²) in [6, 6.07) is 3.37. The molecule has 6 heteroatoms. The van der Waals surface area contributed by atoms with Crippen LogP contribution in [0.5, 0.6) is 0 Å². The van der Waals surface area contributed by atoms with Crippen LogP contribution >= 0.6 is 0 Å². The van der Waals surface area contributed by atoms with Gasteiger partial charge in [0.1, 0.15) is 5.82 Å². The Balaban J connectivity index is 2.42. The van der Waals surface area contributed by atoms with Gasteiger partial charge < -0.3 is 20.7 Å². The molecule has 0 spiro atoms. The summed E-state index contributed by atoms with van der Waals surface area (Å²) in [5, 5.41) is 2.82. The number of carbonyl (C=O) groups excluding carboxylic acids is 1. The van der Waals surface area contributed by atoms with E-state index in [9.17, 15) is 4.79 Å². The molecule has 3 N–H and O–H groups in total. The van der Waals surface area contributed by atoms with Crippen LogP contribution in [0, 0.1) is 0 Å². The number of nitrogens with two attached hydrogens (primary N) is 1. The van der Waals surface area contributed by atoms with Crippen molar-refractivity contribution >= 4 is 11.7 Å². The normalized spacial score (nSPS) is 11.1. The van der Waals surface area contributed by atoms with Gasteiger partial charge in [0.05, 0.1) is 13.2 Å². The quantitative estimate of drug-likeness (QED) is 0.702. The summed E-state index contributed by atoms with van der Waals surface area (Å²) >= 11 is 0. The molecule has 1 amide bonds. The number of anilines is 1. The van der Waals surface area contributed by atoms with Crippen molar-refractivity contribution < 1.29 is 9.53 Å². The Hall–Kier alpha value is -1.66. The molecule has 21 heavy (non-hydrogen) atoms. The van der Waals surface area contributed by atoms with E-state index in [0.717, 1.165) is 12.2 Å². The minimum absolute atomic E-state index is 0.151. The third kappa shape index (κ3) is 6.55. The molecule has 0 aliphatic heterocycles. The van der Waals surface area contributed by atoms with Gasteiger partial charge in [-0.1, -0.05) is 13.8 Å². The fourth-order valence-corrected chi connectivity index (χ4v) is 1.69. The van der Waals surface area contributed by atoms with Crippen molar-refractivity contribution in [1.29, 1.82) is 0 Å². The van der Waals surface area contributed by atoms with Crippen LogP contribution in [0.25, 0.3) is 0 Å². The van der Waals surface area contributed by atoms with Gasteiger partial charge in [0.25, 0.3) is 5.91 Å². The van der Waals surface area contributed by atoms with E-state index in [1.165, 1.54) is 0 Å². The number of likely N-dealkylation sites (N-methyl/N-ethyl adjacent to an activating group) is 1. The minimum Gasteiger partial charge on any atom is -0.384 e. The molecule has 118 valence electrons. The van der Waals surface area contributed by atoms with Gasteiger partial charge in [-0.25, -0.2) is 4.98 Å². The fourth-order valence-electron chi connectivity index (χ4n) is 1.69. The number of amides is 1. The third-order valence-electron chi connectivity index (χ3n) is 2.93. The van der Waals surface area contributed by atoms with Crippen molar-refractivity contribution in [3.05, 3.63) is 23.4 Å². The van der Waals surface area contributed by atoms with Crippen molar-refractivity contribution in [2.45, 2.75) is 19.8 Å². The zero-order chi connectivity index (χ0) is 15.8. The third-order valence-corrected chi connectivity index (χ3v) is 2.93. The number of hydrogen-bond donors (Lipinski definition) is 2. The smallest absolute Gasteiger partial charge is 0.251 e. The van der Waals surface area contributed by atoms with E-state index >= 15 is 0 Å². The maximum absolute atomic E-state index is 12.1. The second kappa shape index (κ2) is 8.59. The number of aromatic nitrogens is 1. The lowest BCUT2D eigenvalue weighted by Gasteiger charge is -2.11. The molecule has 1 aromatic rings. The van der Waals surface area contributed by atoms with E-state index < -0.39 is 0 Å². The summed E-state index contributed by atoms with van der Waals surface area (Å²) in [4.78, 5) is 18.3. The Morgan fingerprint density at radius 1 is 1.38 bits per heavy atom. The molecular formula is C15H26N4O2. The van der Waals surface area contributed by atoms with Gasteiger partial charge >= 0.3 is 0 Å². The fraction of sp³-hybridized carbons (Fsp3) is 0.600. The largest absolute Gasteiger partial charge is 0.384 e. The summed E-state index contributed by atoms with van der Waals surface area (Å²) in [5.41, 5.74) is 7.10. The molecule has 0 aliphatic carbocycles. The highest BCUT2D eigenvalue weighted by atomic mass is 16.5. The lowest BCUT2D eigenvalue weighted by molar-refractivity contribution is 0.0900. The summed E-state index contributed by atoms with van der Waals surface area (Å²) in [7, 11) is 3.98. The lowest BCUT2D eigenvalue weighted by Crippen LogP contribution is -2.28. The highest BCUT2D eigenvalue weighted by Gasteiger charge is 2.10. The van der Waals surface area contributed by atoms with Gasteiger partial charge in [0, 0.05) is 24.3 Å².